The summed E-state index contributed by atoms with van der Waals surface area (Å²) in [4.78, 5) is 17.3. The third kappa shape index (κ3) is 4.98. The van der Waals surface area contributed by atoms with E-state index in [1.54, 1.807) is 41.0 Å². The molecule has 0 fully saturated rings. The summed E-state index contributed by atoms with van der Waals surface area (Å²) in [6, 6.07) is 12.8. The maximum absolute atomic E-state index is 12.3. The molecule has 128 valence electrons. The summed E-state index contributed by atoms with van der Waals surface area (Å²) < 4.78 is 1.58. The lowest BCUT2D eigenvalue weighted by atomic mass is 10.2. The van der Waals surface area contributed by atoms with Crippen molar-refractivity contribution < 1.29 is 4.79 Å². The molecular weight excluding hydrogens is 379 g/mol. The average molecular weight is 393 g/mol. The second-order valence-corrected chi connectivity index (χ2v) is 7.14. The minimum atomic E-state index is -0.0925. The van der Waals surface area contributed by atoms with Crippen LogP contribution in [0.2, 0.25) is 10.0 Å². The molecule has 0 aliphatic carbocycles. The molecule has 1 aromatic heterocycles. The number of hydrogen-bond donors (Lipinski definition) is 1. The molecule has 0 atom stereocenters. The predicted octanol–water partition coefficient (Wildman–Crippen LogP) is 4.70. The average Bonchev–Trinajstić information content (AvgIpc) is 3.11. The van der Waals surface area contributed by atoms with Crippen LogP contribution in [-0.4, -0.2) is 26.4 Å². The van der Waals surface area contributed by atoms with E-state index in [1.807, 2.05) is 24.3 Å². The van der Waals surface area contributed by atoms with Gasteiger partial charge in [-0.2, -0.15) is 5.10 Å². The lowest BCUT2D eigenvalue weighted by molar-refractivity contribution is -0.115. The van der Waals surface area contributed by atoms with E-state index in [0.717, 1.165) is 4.90 Å². The van der Waals surface area contributed by atoms with Crippen LogP contribution in [0.5, 0.6) is 0 Å². The van der Waals surface area contributed by atoms with Crippen molar-refractivity contribution in [1.29, 1.82) is 0 Å². The van der Waals surface area contributed by atoms with Gasteiger partial charge in [-0.1, -0.05) is 23.2 Å². The van der Waals surface area contributed by atoms with Crippen LogP contribution in [-0.2, 0) is 4.79 Å². The van der Waals surface area contributed by atoms with Crippen LogP contribution in [0, 0.1) is 0 Å². The molecule has 2 aromatic carbocycles. The molecule has 0 spiro atoms. The van der Waals surface area contributed by atoms with Crippen molar-refractivity contribution in [2.75, 3.05) is 11.1 Å². The van der Waals surface area contributed by atoms with Crippen molar-refractivity contribution in [2.45, 2.75) is 11.3 Å². The van der Waals surface area contributed by atoms with Gasteiger partial charge in [0.2, 0.25) is 5.91 Å². The molecule has 3 rings (SSSR count). The normalized spacial score (nSPS) is 10.6. The molecule has 8 heteroatoms. The van der Waals surface area contributed by atoms with Crippen molar-refractivity contribution in [1.82, 2.24) is 14.8 Å². The summed E-state index contributed by atoms with van der Waals surface area (Å²) in [5.74, 6) is 0.567. The van der Waals surface area contributed by atoms with E-state index in [-0.39, 0.29) is 5.91 Å². The van der Waals surface area contributed by atoms with Crippen molar-refractivity contribution in [2.24, 2.45) is 0 Å². The van der Waals surface area contributed by atoms with E-state index in [1.165, 1.54) is 6.33 Å². The van der Waals surface area contributed by atoms with Crippen LogP contribution in [0.4, 0.5) is 5.69 Å². The molecule has 0 unspecified atom stereocenters. The number of rotatable bonds is 6. The van der Waals surface area contributed by atoms with Crippen LogP contribution >= 0.6 is 35.0 Å². The minimum absolute atomic E-state index is 0.0925. The largest absolute Gasteiger partial charge is 0.324 e. The Morgan fingerprint density at radius 1 is 1.12 bits per heavy atom. The highest BCUT2D eigenvalue weighted by Gasteiger charge is 2.10. The van der Waals surface area contributed by atoms with Gasteiger partial charge in [0.15, 0.2) is 0 Å². The van der Waals surface area contributed by atoms with Crippen molar-refractivity contribution in [3.05, 3.63) is 65.2 Å². The summed E-state index contributed by atoms with van der Waals surface area (Å²) in [6.45, 7) is 0. The number of amides is 1. The lowest BCUT2D eigenvalue weighted by Gasteiger charge is -2.11. The molecule has 3 aromatic rings. The quantitative estimate of drug-likeness (QED) is 0.617. The first kappa shape index (κ1) is 17.8. The summed E-state index contributed by atoms with van der Waals surface area (Å²) >= 11 is 13.5. The number of anilines is 1. The Balaban J connectivity index is 1.61. The fourth-order valence-electron chi connectivity index (χ4n) is 2.15. The van der Waals surface area contributed by atoms with Gasteiger partial charge in [-0.3, -0.25) is 4.79 Å². The standard InChI is InChI=1S/C17H14Cl2N4OS/c18-12-1-4-14(5-2-12)25-8-7-17(24)22-15-9-13(19)3-6-16(15)23-11-20-10-21-23/h1-6,9-11H,7-8H2,(H,22,24). The first-order chi connectivity index (χ1) is 12.1. The zero-order valence-electron chi connectivity index (χ0n) is 13.0. The van der Waals surface area contributed by atoms with E-state index in [2.05, 4.69) is 15.4 Å². The molecule has 25 heavy (non-hydrogen) atoms. The zero-order valence-corrected chi connectivity index (χ0v) is 15.4. The summed E-state index contributed by atoms with van der Waals surface area (Å²) in [6.07, 6.45) is 3.37. The first-order valence-corrected chi connectivity index (χ1v) is 9.19. The molecule has 1 N–H and O–H groups in total. The van der Waals surface area contributed by atoms with Gasteiger partial charge in [-0.25, -0.2) is 9.67 Å². The van der Waals surface area contributed by atoms with Gasteiger partial charge in [-0.05, 0) is 42.5 Å². The smallest absolute Gasteiger partial charge is 0.225 e. The number of carbonyl (C=O) groups excluding carboxylic acids is 1. The van der Waals surface area contributed by atoms with E-state index >= 15 is 0 Å². The van der Waals surface area contributed by atoms with E-state index in [0.29, 0.717) is 33.6 Å². The molecule has 0 bridgehead atoms. The number of halogens is 2. The molecule has 0 aliphatic rings. The number of carbonyl (C=O) groups is 1. The van der Waals surface area contributed by atoms with Gasteiger partial charge in [0.25, 0.3) is 0 Å². The number of benzene rings is 2. The molecular formula is C17H14Cl2N4OS. The highest BCUT2D eigenvalue weighted by molar-refractivity contribution is 7.99. The predicted molar refractivity (Wildman–Crippen MR) is 102 cm³/mol. The van der Waals surface area contributed by atoms with Gasteiger partial charge < -0.3 is 5.32 Å². The number of hydrogen-bond acceptors (Lipinski definition) is 4. The van der Waals surface area contributed by atoms with Gasteiger partial charge in [0, 0.05) is 27.1 Å². The Bertz CT molecular complexity index is 854. The summed E-state index contributed by atoms with van der Waals surface area (Å²) in [5, 5.41) is 8.21. The van der Waals surface area contributed by atoms with Gasteiger partial charge >= 0.3 is 0 Å². The van der Waals surface area contributed by atoms with Crippen molar-refractivity contribution >= 4 is 46.6 Å². The molecule has 0 saturated carbocycles. The second-order valence-electron chi connectivity index (χ2n) is 5.10. The lowest BCUT2D eigenvalue weighted by Crippen LogP contribution is -2.14. The summed E-state index contributed by atoms with van der Waals surface area (Å²) in [5.41, 5.74) is 1.31. The van der Waals surface area contributed by atoms with Crippen LogP contribution in [0.15, 0.2) is 60.0 Å². The molecule has 0 saturated heterocycles. The van der Waals surface area contributed by atoms with E-state index in [9.17, 15) is 4.79 Å². The van der Waals surface area contributed by atoms with Crippen molar-refractivity contribution in [3.63, 3.8) is 0 Å². The first-order valence-electron chi connectivity index (χ1n) is 7.44. The molecule has 1 amide bonds. The zero-order chi connectivity index (χ0) is 17.6. The van der Waals surface area contributed by atoms with Gasteiger partial charge in [-0.15, -0.1) is 11.8 Å². The SMILES string of the molecule is O=C(CCSc1ccc(Cl)cc1)Nc1cc(Cl)ccc1-n1cncn1. The van der Waals surface area contributed by atoms with Crippen LogP contribution in [0.3, 0.4) is 0 Å². The van der Waals surface area contributed by atoms with E-state index < -0.39 is 0 Å². The maximum Gasteiger partial charge on any atom is 0.225 e. The molecule has 0 radical (unpaired) electrons. The number of thioether (sulfide) groups is 1. The fraction of sp³-hybridized carbons (Fsp3) is 0.118. The van der Waals surface area contributed by atoms with Crippen LogP contribution < -0.4 is 5.32 Å². The Kier molecular flexibility index (Phi) is 5.96. The third-order valence-corrected chi connectivity index (χ3v) is 4.81. The molecule has 0 aliphatic heterocycles. The van der Waals surface area contributed by atoms with E-state index in [4.69, 9.17) is 23.2 Å². The monoisotopic (exact) mass is 392 g/mol. The topological polar surface area (TPSA) is 59.8 Å². The second kappa shape index (κ2) is 8.38. The van der Waals surface area contributed by atoms with Gasteiger partial charge in [0.1, 0.15) is 12.7 Å². The Labute approximate surface area is 159 Å². The Morgan fingerprint density at radius 2 is 1.88 bits per heavy atom. The number of nitrogens with zero attached hydrogens (tertiary/aromatic N) is 3. The van der Waals surface area contributed by atoms with Crippen LogP contribution in [0.1, 0.15) is 6.42 Å². The fourth-order valence-corrected chi connectivity index (χ4v) is 3.30. The minimum Gasteiger partial charge on any atom is -0.324 e. The Hall–Kier alpha value is -2.02. The number of nitrogens with one attached hydrogen (secondary N) is 1. The summed E-state index contributed by atoms with van der Waals surface area (Å²) in [7, 11) is 0. The Morgan fingerprint density at radius 3 is 2.60 bits per heavy atom. The molecule has 1 heterocycles. The highest BCUT2D eigenvalue weighted by atomic mass is 35.5. The van der Waals surface area contributed by atoms with Gasteiger partial charge in [0.05, 0.1) is 11.4 Å². The highest BCUT2D eigenvalue weighted by Crippen LogP contribution is 2.25. The maximum atomic E-state index is 12.3. The van der Waals surface area contributed by atoms with Crippen LogP contribution in [0.25, 0.3) is 5.69 Å². The molecule has 5 nitrogen and oxygen atoms in total. The third-order valence-electron chi connectivity index (χ3n) is 3.31. The van der Waals surface area contributed by atoms with Crippen molar-refractivity contribution in [3.8, 4) is 5.69 Å². The number of aromatic nitrogens is 3.